The number of carbonyl (C=O) groups is 5. The van der Waals surface area contributed by atoms with E-state index in [0.29, 0.717) is 116 Å². The van der Waals surface area contributed by atoms with Gasteiger partial charge in [-0.05, 0) is 125 Å². The van der Waals surface area contributed by atoms with Crippen LogP contribution in [0.15, 0.2) is 109 Å². The Kier molecular flexibility index (Phi) is 20.9. The number of hydroxylamine groups is 2. The lowest BCUT2D eigenvalue weighted by molar-refractivity contribution is -0.404. The maximum Gasteiger partial charge on any atom is 0.253 e. The van der Waals surface area contributed by atoms with Crippen LogP contribution in [0.4, 0.5) is 5.69 Å². The van der Waals surface area contributed by atoms with Crippen LogP contribution >= 0.6 is 0 Å². The minimum absolute atomic E-state index is 0.0508. The molecule has 21 heteroatoms. The fourth-order valence-corrected chi connectivity index (χ4v) is 11.5. The summed E-state index contributed by atoms with van der Waals surface area (Å²) in [4.78, 5) is 66.6. The maximum absolute atomic E-state index is 13.7. The molecular formula is C66H81N9O12. The molecule has 9 rings (SSSR count). The number of amides is 5. The third-order valence-electron chi connectivity index (χ3n) is 16.2. The Morgan fingerprint density at radius 2 is 1.23 bits per heavy atom. The summed E-state index contributed by atoms with van der Waals surface area (Å²) in [6, 6.07) is 13.8. The Morgan fingerprint density at radius 1 is 0.667 bits per heavy atom. The average Bonchev–Trinajstić information content (AvgIpc) is 1.95. The van der Waals surface area contributed by atoms with Gasteiger partial charge in [0.15, 0.2) is 45.8 Å². The van der Waals surface area contributed by atoms with Crippen molar-refractivity contribution < 1.29 is 57.1 Å². The molecule has 0 fully saturated rings. The molecule has 0 radical (unpaired) electrons. The van der Waals surface area contributed by atoms with Gasteiger partial charge in [-0.3, -0.25) is 28.9 Å². The van der Waals surface area contributed by atoms with Crippen molar-refractivity contribution in [3.05, 3.63) is 142 Å². The van der Waals surface area contributed by atoms with Crippen LogP contribution in [0.3, 0.4) is 0 Å². The van der Waals surface area contributed by atoms with E-state index in [-0.39, 0.29) is 48.4 Å². The third-order valence-corrected chi connectivity index (χ3v) is 16.2. The number of ether oxygens (including phenoxy) is 5. The number of fused-ring (bicyclic) bond motifs is 4. The van der Waals surface area contributed by atoms with Crippen LogP contribution in [0.2, 0.25) is 0 Å². The Hall–Kier alpha value is -8.85. The number of benzene rings is 2. The summed E-state index contributed by atoms with van der Waals surface area (Å²) < 4.78 is 36.1. The normalized spacial score (nSPS) is 17.6. The average molecular weight is 1190 g/mol. The lowest BCUT2D eigenvalue weighted by Crippen LogP contribution is -2.53. The fourth-order valence-electron chi connectivity index (χ4n) is 11.5. The zero-order valence-electron chi connectivity index (χ0n) is 50.9. The molecule has 4 atom stereocenters. The maximum atomic E-state index is 13.7. The van der Waals surface area contributed by atoms with E-state index >= 15 is 0 Å². The second-order valence-corrected chi connectivity index (χ2v) is 23.3. The molecular weight excluding hydrogens is 1110 g/mol. The van der Waals surface area contributed by atoms with E-state index in [4.69, 9.17) is 23.7 Å². The molecule has 4 aromatic rings. The molecule has 3 aliphatic heterocycles. The highest BCUT2D eigenvalue weighted by Crippen LogP contribution is 2.41. The van der Waals surface area contributed by atoms with Gasteiger partial charge in [-0.15, -0.1) is 0 Å². The molecule has 21 nitrogen and oxygen atoms in total. The predicted octanol–water partition coefficient (Wildman–Crippen LogP) is 8.20. The second-order valence-electron chi connectivity index (χ2n) is 23.3. The summed E-state index contributed by atoms with van der Waals surface area (Å²) in [7, 11) is 7.26. The van der Waals surface area contributed by atoms with E-state index in [9.17, 15) is 34.4 Å². The number of methoxy groups -OCH3 is 2. The van der Waals surface area contributed by atoms with Gasteiger partial charge >= 0.3 is 0 Å². The van der Waals surface area contributed by atoms with E-state index in [1.807, 2.05) is 85.4 Å². The monoisotopic (exact) mass is 1190 g/mol. The number of anilines is 1. The molecule has 0 spiro atoms. The van der Waals surface area contributed by atoms with Crippen LogP contribution in [0.5, 0.6) is 28.7 Å². The summed E-state index contributed by atoms with van der Waals surface area (Å²) >= 11 is 0. The van der Waals surface area contributed by atoms with Crippen molar-refractivity contribution in [3.63, 3.8) is 0 Å². The summed E-state index contributed by atoms with van der Waals surface area (Å²) in [5, 5.41) is 35.8. The zero-order valence-corrected chi connectivity index (χ0v) is 50.9. The molecule has 0 bridgehead atoms. The zero-order chi connectivity index (χ0) is 61.7. The lowest BCUT2D eigenvalue weighted by Gasteiger charge is -2.24. The molecule has 0 saturated carbocycles. The van der Waals surface area contributed by atoms with E-state index in [2.05, 4.69) is 51.6 Å². The van der Waals surface area contributed by atoms with Crippen molar-refractivity contribution >= 4 is 58.8 Å². The van der Waals surface area contributed by atoms with Gasteiger partial charge in [-0.25, -0.2) is 0 Å². The third kappa shape index (κ3) is 15.6. The van der Waals surface area contributed by atoms with E-state index in [1.54, 1.807) is 33.4 Å². The van der Waals surface area contributed by atoms with Crippen LogP contribution < -0.4 is 39.6 Å². The molecule has 4 unspecified atom stereocenters. The fraction of sp³-hybridized carbons (Fsp3) is 0.439. The summed E-state index contributed by atoms with van der Waals surface area (Å²) in [5.41, 5.74) is 7.19. The van der Waals surface area contributed by atoms with E-state index in [1.165, 1.54) is 23.3 Å². The SMILES string of the molecule is COc1c(OCCCCCOc2cn3c(c2OC)C=[N+]([O-])C2=CC=C(c4cccc(NC(=O)C(C)NC(=O)C(NC(=O)CCCCCN5C(=O)C=CC5=O)C(C)C)c4)CC2C3)cn2c1C=[N+]([O-])C1=CC=C(c3ccc(OCCCN(C)C)cc3)CC1C2. The standard InChI is InChI=1S/C66H81N9O12/c1-43(2)62(69-59(76)18-10-8-11-30-73-60(77)27-28-61(73)78)66(80)67-44(3)65(79)68-51-17-14-16-46(36-51)48-22-26-54-50(35-48)38-72-42-58(64(84-7)56(72)40-75(54)82)87-32-13-9-12-31-86-57-41-71-37-49-34-47(21-25-53(49)74(81)39-55(71)63(57)83-6)45-19-23-52(24-20-45)85-33-15-29-70(4)5/h14,16-17,19-28,36,39-44,49-50,62H,8-13,15,18,29-35,37-38H2,1-7H3,(H,67,80)(H,68,79)(H,69,76). The van der Waals surface area contributed by atoms with Crippen LogP contribution in [0.25, 0.3) is 11.1 Å². The number of aromatic nitrogens is 2. The molecule has 2 aromatic carbocycles. The number of nitrogens with one attached hydrogen (secondary N) is 3. The van der Waals surface area contributed by atoms with E-state index < -0.39 is 23.9 Å². The van der Waals surface area contributed by atoms with Crippen molar-refractivity contribution in [3.8, 4) is 28.7 Å². The highest BCUT2D eigenvalue weighted by molar-refractivity contribution is 6.12. The molecule has 2 aliphatic carbocycles. The largest absolute Gasteiger partial charge is 0.618 e. The minimum Gasteiger partial charge on any atom is -0.618 e. The minimum atomic E-state index is -0.931. The van der Waals surface area contributed by atoms with Gasteiger partial charge in [0.05, 0.1) is 58.3 Å². The van der Waals surface area contributed by atoms with Crippen molar-refractivity contribution in [1.82, 2.24) is 29.6 Å². The number of allylic oxidation sites excluding steroid dienone is 8. The first-order valence-corrected chi connectivity index (χ1v) is 30.1. The number of carbonyl (C=O) groups excluding carboxylic acids is 5. The van der Waals surface area contributed by atoms with Gasteiger partial charge in [-0.1, -0.05) is 56.7 Å². The number of rotatable bonds is 29. The van der Waals surface area contributed by atoms with Gasteiger partial charge in [0.25, 0.3) is 11.8 Å². The number of imide groups is 1. The van der Waals surface area contributed by atoms with Crippen LogP contribution in [-0.2, 0) is 37.1 Å². The quantitative estimate of drug-likeness (QED) is 0.0202. The Labute approximate surface area is 508 Å². The first kappa shape index (κ1) is 62.7. The summed E-state index contributed by atoms with van der Waals surface area (Å²) in [5.74, 6) is 0.543. The van der Waals surface area contributed by atoms with Crippen molar-refractivity contribution in [1.29, 1.82) is 0 Å². The van der Waals surface area contributed by atoms with Crippen LogP contribution in [0.1, 0.15) is 107 Å². The van der Waals surface area contributed by atoms with Crippen LogP contribution in [-0.4, -0.2) is 144 Å². The van der Waals surface area contributed by atoms with Gasteiger partial charge in [0, 0.05) is 62.6 Å². The first-order chi connectivity index (χ1) is 42.0. The molecule has 0 saturated heterocycles. The topological polar surface area (TPSA) is 236 Å². The van der Waals surface area contributed by atoms with Crippen molar-refractivity contribution in [2.75, 3.05) is 66.5 Å². The van der Waals surface area contributed by atoms with Crippen molar-refractivity contribution in [2.45, 2.75) is 110 Å². The number of nitrogens with zero attached hydrogens (tertiary/aromatic N) is 6. The van der Waals surface area contributed by atoms with Gasteiger partial charge < -0.3 is 64.1 Å². The second kappa shape index (κ2) is 29.0. The predicted molar refractivity (Wildman–Crippen MR) is 332 cm³/mol. The lowest BCUT2D eigenvalue weighted by atomic mass is 9.87. The van der Waals surface area contributed by atoms with Gasteiger partial charge in [-0.2, -0.15) is 9.48 Å². The first-order valence-electron chi connectivity index (χ1n) is 30.1. The number of unbranched alkanes of at least 4 members (excludes halogenated alkanes) is 4. The molecule has 462 valence electrons. The molecule has 87 heavy (non-hydrogen) atoms. The summed E-state index contributed by atoms with van der Waals surface area (Å²) in [6.45, 7) is 9.02. The highest BCUT2D eigenvalue weighted by atomic mass is 16.5. The van der Waals surface area contributed by atoms with Crippen molar-refractivity contribution in [2.24, 2.45) is 17.8 Å². The molecule has 3 N–H and O–H groups in total. The Morgan fingerprint density at radius 3 is 1.79 bits per heavy atom. The molecule has 5 aliphatic rings. The van der Waals surface area contributed by atoms with Gasteiger partial charge in [0.2, 0.25) is 30.2 Å². The smallest absolute Gasteiger partial charge is 0.253 e. The molecule has 2 aromatic heterocycles. The Balaban J connectivity index is 0.720. The summed E-state index contributed by atoms with van der Waals surface area (Å²) in [6.07, 6.45) is 23.5. The van der Waals surface area contributed by atoms with Crippen LogP contribution in [0, 0.1) is 28.2 Å². The highest BCUT2D eigenvalue weighted by Gasteiger charge is 2.35. The Bertz CT molecular complexity index is 3400. The number of hydrogen-bond acceptors (Lipinski definition) is 13. The number of hydrogen-bond donors (Lipinski definition) is 3. The van der Waals surface area contributed by atoms with E-state index in [0.717, 1.165) is 69.7 Å². The van der Waals surface area contributed by atoms with Gasteiger partial charge in [0.1, 0.15) is 17.8 Å². The molecule has 5 heterocycles. The molecule has 5 amide bonds.